The van der Waals surface area contributed by atoms with E-state index < -0.39 is 0 Å². The number of allylic oxidation sites excluding steroid dienone is 2. The van der Waals surface area contributed by atoms with Crippen LogP contribution in [0.4, 0.5) is 0 Å². The first kappa shape index (κ1) is 13.4. The molecule has 0 aromatic rings. The summed E-state index contributed by atoms with van der Waals surface area (Å²) in [5, 5.41) is 0. The molecular formula is C20H32. The van der Waals surface area contributed by atoms with Gasteiger partial charge in [-0.3, -0.25) is 0 Å². The minimum absolute atomic E-state index is 0.648. The van der Waals surface area contributed by atoms with Gasteiger partial charge in [0.25, 0.3) is 0 Å². The molecule has 4 aliphatic rings. The van der Waals surface area contributed by atoms with Gasteiger partial charge in [-0.05, 0) is 85.4 Å². The van der Waals surface area contributed by atoms with Gasteiger partial charge < -0.3 is 0 Å². The van der Waals surface area contributed by atoms with Crippen molar-refractivity contribution in [3.8, 4) is 0 Å². The Kier molecular flexibility index (Phi) is 2.63. The highest BCUT2D eigenvalue weighted by molar-refractivity contribution is 5.32. The van der Waals surface area contributed by atoms with Crippen LogP contribution in [0.5, 0.6) is 0 Å². The first-order valence-corrected chi connectivity index (χ1v) is 9.09. The van der Waals surface area contributed by atoms with Crippen molar-refractivity contribution in [2.75, 3.05) is 0 Å². The molecule has 3 saturated carbocycles. The topological polar surface area (TPSA) is 0 Å². The molecule has 0 radical (unpaired) electrons. The SMILES string of the molecule is CC1=CC[C@@H]2[C@@H]3[C@@H](C(C)C)CC[C@H](C)[C@@]34CC[C@]2(C)[C@@H]14. The molecule has 20 heavy (non-hydrogen) atoms. The third-order valence-electron chi connectivity index (χ3n) is 8.51. The highest BCUT2D eigenvalue weighted by atomic mass is 14.8. The van der Waals surface area contributed by atoms with Gasteiger partial charge >= 0.3 is 0 Å². The molecule has 0 heteroatoms. The van der Waals surface area contributed by atoms with Crippen LogP contribution in [0, 0.1) is 46.3 Å². The average molecular weight is 272 g/mol. The Morgan fingerprint density at radius 3 is 2.65 bits per heavy atom. The van der Waals surface area contributed by atoms with Crippen LogP contribution in [0.1, 0.15) is 66.7 Å². The second kappa shape index (κ2) is 3.93. The maximum atomic E-state index is 2.66. The van der Waals surface area contributed by atoms with E-state index in [1.807, 2.05) is 0 Å². The summed E-state index contributed by atoms with van der Waals surface area (Å²) in [6, 6.07) is 0. The molecule has 0 heterocycles. The quantitative estimate of drug-likeness (QED) is 0.538. The van der Waals surface area contributed by atoms with Crippen LogP contribution in [-0.4, -0.2) is 0 Å². The van der Waals surface area contributed by atoms with Crippen molar-refractivity contribution in [3.05, 3.63) is 11.6 Å². The van der Waals surface area contributed by atoms with E-state index in [1.54, 1.807) is 5.57 Å². The lowest BCUT2D eigenvalue weighted by Gasteiger charge is -2.53. The molecule has 0 amide bonds. The fourth-order valence-corrected chi connectivity index (χ4v) is 7.92. The van der Waals surface area contributed by atoms with E-state index in [2.05, 4.69) is 40.7 Å². The zero-order valence-corrected chi connectivity index (χ0v) is 14.1. The summed E-state index contributed by atoms with van der Waals surface area (Å²) < 4.78 is 0. The number of rotatable bonds is 1. The number of hydrogen-bond donors (Lipinski definition) is 0. The van der Waals surface area contributed by atoms with Crippen molar-refractivity contribution in [1.82, 2.24) is 0 Å². The molecule has 0 aromatic heterocycles. The molecule has 0 aromatic carbocycles. The van der Waals surface area contributed by atoms with Crippen molar-refractivity contribution in [2.24, 2.45) is 46.3 Å². The van der Waals surface area contributed by atoms with Crippen LogP contribution in [0.2, 0.25) is 0 Å². The van der Waals surface area contributed by atoms with Gasteiger partial charge in [0, 0.05) is 0 Å². The summed E-state index contributed by atoms with van der Waals surface area (Å²) in [6.07, 6.45) is 10.1. The molecule has 4 bridgehead atoms. The number of fused-ring (bicyclic) bond motifs is 1. The van der Waals surface area contributed by atoms with Crippen LogP contribution >= 0.6 is 0 Å². The minimum atomic E-state index is 0.648. The van der Waals surface area contributed by atoms with Crippen LogP contribution in [0.25, 0.3) is 0 Å². The Morgan fingerprint density at radius 2 is 1.95 bits per heavy atom. The molecule has 3 fully saturated rings. The molecule has 0 aliphatic heterocycles. The van der Waals surface area contributed by atoms with Crippen LogP contribution in [0.15, 0.2) is 11.6 Å². The van der Waals surface area contributed by atoms with Crippen molar-refractivity contribution in [2.45, 2.75) is 66.7 Å². The molecule has 0 unspecified atom stereocenters. The maximum absolute atomic E-state index is 2.66. The van der Waals surface area contributed by atoms with E-state index in [9.17, 15) is 0 Å². The van der Waals surface area contributed by atoms with Gasteiger partial charge in [-0.15, -0.1) is 0 Å². The van der Waals surface area contributed by atoms with Gasteiger partial charge in [0.2, 0.25) is 0 Å². The van der Waals surface area contributed by atoms with E-state index >= 15 is 0 Å². The molecule has 4 rings (SSSR count). The van der Waals surface area contributed by atoms with Crippen molar-refractivity contribution in [3.63, 3.8) is 0 Å². The van der Waals surface area contributed by atoms with Gasteiger partial charge in [-0.25, -0.2) is 0 Å². The van der Waals surface area contributed by atoms with Gasteiger partial charge in [0.05, 0.1) is 0 Å². The smallest absolute Gasteiger partial charge is 0.00871 e. The molecule has 4 aliphatic carbocycles. The third kappa shape index (κ3) is 1.26. The molecule has 1 spiro atoms. The largest absolute Gasteiger partial charge is 0.0850 e. The lowest BCUT2D eigenvalue weighted by Crippen LogP contribution is -2.47. The predicted octanol–water partition coefficient (Wildman–Crippen LogP) is 5.69. The summed E-state index contributed by atoms with van der Waals surface area (Å²) >= 11 is 0. The lowest BCUT2D eigenvalue weighted by atomic mass is 9.51. The van der Waals surface area contributed by atoms with Crippen LogP contribution in [0.3, 0.4) is 0 Å². The Balaban J connectivity index is 1.89. The van der Waals surface area contributed by atoms with Crippen molar-refractivity contribution in [1.29, 1.82) is 0 Å². The third-order valence-corrected chi connectivity index (χ3v) is 8.51. The summed E-state index contributed by atoms with van der Waals surface area (Å²) in [5.41, 5.74) is 3.10. The van der Waals surface area contributed by atoms with Crippen molar-refractivity contribution < 1.29 is 0 Å². The summed E-state index contributed by atoms with van der Waals surface area (Å²) in [5.74, 6) is 5.80. The monoisotopic (exact) mass is 272 g/mol. The van der Waals surface area contributed by atoms with Gasteiger partial charge in [0.15, 0.2) is 0 Å². The molecule has 0 nitrogen and oxygen atoms in total. The highest BCUT2D eigenvalue weighted by Crippen LogP contribution is 2.80. The second-order valence-corrected chi connectivity index (χ2v) is 9.25. The average Bonchev–Trinajstić information content (AvgIpc) is 2.75. The normalized spacial score (nSPS) is 56.9. The Labute approximate surface area is 125 Å². The Morgan fingerprint density at radius 1 is 1.20 bits per heavy atom. The lowest BCUT2D eigenvalue weighted by molar-refractivity contribution is -0.0475. The van der Waals surface area contributed by atoms with E-state index in [1.165, 1.54) is 32.1 Å². The van der Waals surface area contributed by atoms with E-state index in [4.69, 9.17) is 0 Å². The van der Waals surface area contributed by atoms with E-state index in [0.717, 1.165) is 35.5 Å². The fraction of sp³-hybridized carbons (Fsp3) is 0.900. The Bertz CT molecular complexity index is 459. The maximum Gasteiger partial charge on any atom is -0.00871 e. The van der Waals surface area contributed by atoms with Crippen LogP contribution < -0.4 is 0 Å². The predicted molar refractivity (Wildman–Crippen MR) is 85.3 cm³/mol. The van der Waals surface area contributed by atoms with Gasteiger partial charge in [-0.1, -0.05) is 39.3 Å². The van der Waals surface area contributed by atoms with E-state index in [0.29, 0.717) is 10.8 Å². The second-order valence-electron chi connectivity index (χ2n) is 9.25. The van der Waals surface area contributed by atoms with Crippen LogP contribution in [-0.2, 0) is 0 Å². The molecule has 7 atom stereocenters. The molecule has 0 saturated heterocycles. The first-order valence-electron chi connectivity index (χ1n) is 9.09. The molecular weight excluding hydrogens is 240 g/mol. The van der Waals surface area contributed by atoms with Crippen molar-refractivity contribution >= 4 is 0 Å². The van der Waals surface area contributed by atoms with Gasteiger partial charge in [0.1, 0.15) is 0 Å². The standard InChI is InChI=1S/C20H32/c1-12(2)15-8-7-14(4)20-11-10-19(5)16(17(15)20)9-6-13(3)18(19)20/h6,12,14-18H,7-11H2,1-5H3/t14-,15+,16+,17-,18+,19-,20-/m0/s1. The van der Waals surface area contributed by atoms with E-state index in [-0.39, 0.29) is 0 Å². The highest BCUT2D eigenvalue weighted by Gasteiger charge is 2.73. The summed E-state index contributed by atoms with van der Waals surface area (Å²) in [7, 11) is 0. The zero-order valence-electron chi connectivity index (χ0n) is 14.1. The Hall–Kier alpha value is -0.260. The number of hydrogen-bond acceptors (Lipinski definition) is 0. The minimum Gasteiger partial charge on any atom is -0.0850 e. The molecule has 0 N–H and O–H groups in total. The first-order chi connectivity index (χ1) is 9.43. The summed E-state index contributed by atoms with van der Waals surface area (Å²) in [4.78, 5) is 0. The summed E-state index contributed by atoms with van der Waals surface area (Å²) in [6.45, 7) is 12.7. The fourth-order valence-electron chi connectivity index (χ4n) is 7.92. The van der Waals surface area contributed by atoms with Gasteiger partial charge in [-0.2, -0.15) is 0 Å². The zero-order chi connectivity index (χ0) is 14.3. The molecule has 112 valence electrons.